The molecule has 98 valence electrons. The second kappa shape index (κ2) is 6.41. The van der Waals surface area contributed by atoms with Crippen molar-refractivity contribution in [1.82, 2.24) is 0 Å². The molecule has 0 heterocycles. The lowest BCUT2D eigenvalue weighted by Crippen LogP contribution is -2.29. The fourth-order valence-corrected chi connectivity index (χ4v) is 1.87. The lowest BCUT2D eigenvalue weighted by atomic mass is 9.80. The van der Waals surface area contributed by atoms with Crippen molar-refractivity contribution in [3.05, 3.63) is 59.7 Å². The molecule has 0 saturated carbocycles. The van der Waals surface area contributed by atoms with Gasteiger partial charge in [-0.2, -0.15) is 0 Å². The van der Waals surface area contributed by atoms with Gasteiger partial charge in [0.2, 0.25) is 0 Å². The molecule has 0 aromatic heterocycles. The van der Waals surface area contributed by atoms with Gasteiger partial charge < -0.3 is 14.8 Å². The Kier molecular flexibility index (Phi) is 4.60. The van der Waals surface area contributed by atoms with Crippen molar-refractivity contribution >= 4 is 12.6 Å². The second-order valence-electron chi connectivity index (χ2n) is 4.41. The van der Waals surface area contributed by atoms with Gasteiger partial charge in [-0.25, -0.2) is 0 Å². The quantitative estimate of drug-likeness (QED) is 0.797. The summed E-state index contributed by atoms with van der Waals surface area (Å²) in [6.07, 6.45) is 0.976. The summed E-state index contributed by atoms with van der Waals surface area (Å²) in [4.78, 5) is 0. The Morgan fingerprint density at radius 1 is 1.00 bits per heavy atom. The second-order valence-corrected chi connectivity index (χ2v) is 4.41. The van der Waals surface area contributed by atoms with E-state index >= 15 is 0 Å². The molecule has 3 nitrogen and oxygen atoms in total. The van der Waals surface area contributed by atoms with Crippen LogP contribution in [0.25, 0.3) is 0 Å². The summed E-state index contributed by atoms with van der Waals surface area (Å²) in [7, 11) is -1.44. The molecule has 0 radical (unpaired) electrons. The maximum atomic E-state index is 9.12. The predicted molar refractivity (Wildman–Crippen MR) is 76.4 cm³/mol. The standard InChI is InChI=1S/C15H17BO3/c1-2-12-5-4-8-15(10-12)19-11-13-6-3-7-14(9-13)16(17)18/h3-10,17-18H,2,11H2,1H3. The summed E-state index contributed by atoms with van der Waals surface area (Å²) in [5.74, 6) is 0.828. The average Bonchev–Trinajstić information content (AvgIpc) is 2.45. The molecule has 0 fully saturated rings. The third-order valence-corrected chi connectivity index (χ3v) is 2.96. The first-order valence-electron chi connectivity index (χ1n) is 6.35. The van der Waals surface area contributed by atoms with Gasteiger partial charge in [-0.05, 0) is 35.1 Å². The van der Waals surface area contributed by atoms with E-state index in [4.69, 9.17) is 14.8 Å². The van der Waals surface area contributed by atoms with Crippen LogP contribution >= 0.6 is 0 Å². The SMILES string of the molecule is CCc1cccc(OCc2cccc(B(O)O)c2)c1. The minimum absolute atomic E-state index is 0.410. The highest BCUT2D eigenvalue weighted by Gasteiger charge is 2.10. The van der Waals surface area contributed by atoms with Crippen molar-refractivity contribution in [2.75, 3.05) is 0 Å². The highest BCUT2D eigenvalue weighted by Crippen LogP contribution is 2.15. The molecule has 0 aliphatic rings. The summed E-state index contributed by atoms with van der Waals surface area (Å²) in [5.41, 5.74) is 2.62. The van der Waals surface area contributed by atoms with Gasteiger partial charge in [-0.1, -0.05) is 43.3 Å². The fraction of sp³-hybridized carbons (Fsp3) is 0.200. The lowest BCUT2D eigenvalue weighted by Gasteiger charge is -2.08. The number of ether oxygens (including phenoxy) is 1. The summed E-state index contributed by atoms with van der Waals surface area (Å²) >= 11 is 0. The third kappa shape index (κ3) is 3.84. The van der Waals surface area contributed by atoms with Gasteiger partial charge in [0.05, 0.1) is 0 Å². The Hall–Kier alpha value is -1.78. The summed E-state index contributed by atoms with van der Waals surface area (Å²) < 4.78 is 5.71. The summed E-state index contributed by atoms with van der Waals surface area (Å²) in [5, 5.41) is 18.2. The molecular weight excluding hydrogens is 239 g/mol. The van der Waals surface area contributed by atoms with Crippen LogP contribution in [0.2, 0.25) is 0 Å². The molecule has 19 heavy (non-hydrogen) atoms. The first-order valence-corrected chi connectivity index (χ1v) is 6.35. The van der Waals surface area contributed by atoms with Crippen molar-refractivity contribution in [2.45, 2.75) is 20.0 Å². The van der Waals surface area contributed by atoms with E-state index in [9.17, 15) is 0 Å². The smallest absolute Gasteiger partial charge is 0.488 e. The van der Waals surface area contributed by atoms with Gasteiger partial charge in [0, 0.05) is 0 Å². The molecule has 0 unspecified atom stereocenters. The Balaban J connectivity index is 2.03. The molecule has 2 aromatic carbocycles. The van der Waals surface area contributed by atoms with Crippen LogP contribution in [0.4, 0.5) is 0 Å². The molecule has 2 aromatic rings. The summed E-state index contributed by atoms with van der Waals surface area (Å²) in [6, 6.07) is 15.1. The van der Waals surface area contributed by atoms with Gasteiger partial charge in [-0.3, -0.25) is 0 Å². The fourth-order valence-electron chi connectivity index (χ4n) is 1.87. The van der Waals surface area contributed by atoms with Crippen LogP contribution in [0, 0.1) is 0 Å². The van der Waals surface area contributed by atoms with Gasteiger partial charge in [0.15, 0.2) is 0 Å². The molecule has 0 spiro atoms. The van der Waals surface area contributed by atoms with Crippen molar-refractivity contribution in [1.29, 1.82) is 0 Å². The molecule has 0 amide bonds. The Morgan fingerprint density at radius 3 is 2.47 bits per heavy atom. The topological polar surface area (TPSA) is 49.7 Å². The maximum absolute atomic E-state index is 9.12. The van der Waals surface area contributed by atoms with Crippen LogP contribution in [0.1, 0.15) is 18.1 Å². The number of aryl methyl sites for hydroxylation is 1. The van der Waals surface area contributed by atoms with E-state index in [1.165, 1.54) is 5.56 Å². The molecule has 0 aliphatic heterocycles. The van der Waals surface area contributed by atoms with Crippen molar-refractivity contribution in [3.8, 4) is 5.75 Å². The zero-order chi connectivity index (χ0) is 13.7. The number of benzene rings is 2. The van der Waals surface area contributed by atoms with Gasteiger partial charge in [0.25, 0.3) is 0 Å². The van der Waals surface area contributed by atoms with Crippen LogP contribution in [0.3, 0.4) is 0 Å². The third-order valence-electron chi connectivity index (χ3n) is 2.96. The molecule has 2 rings (SSSR count). The van der Waals surface area contributed by atoms with E-state index in [1.807, 2.05) is 24.3 Å². The molecule has 0 saturated heterocycles. The first-order chi connectivity index (χ1) is 9.19. The van der Waals surface area contributed by atoms with Crippen LogP contribution < -0.4 is 10.2 Å². The van der Waals surface area contributed by atoms with Crippen molar-refractivity contribution in [3.63, 3.8) is 0 Å². The maximum Gasteiger partial charge on any atom is 0.488 e. The molecule has 0 bridgehead atoms. The van der Waals surface area contributed by atoms with Crippen LogP contribution in [-0.2, 0) is 13.0 Å². The number of rotatable bonds is 5. The largest absolute Gasteiger partial charge is 0.489 e. The summed E-state index contributed by atoms with van der Waals surface area (Å²) in [6.45, 7) is 2.51. The van der Waals surface area contributed by atoms with Crippen molar-refractivity contribution in [2.24, 2.45) is 0 Å². The molecule has 4 heteroatoms. The number of hydrogen-bond acceptors (Lipinski definition) is 3. The van der Waals surface area contributed by atoms with E-state index in [-0.39, 0.29) is 0 Å². The first kappa shape index (κ1) is 13.7. The normalized spacial score (nSPS) is 10.3. The van der Waals surface area contributed by atoms with Gasteiger partial charge >= 0.3 is 7.12 Å². The molecule has 0 atom stereocenters. The molecule has 0 aliphatic carbocycles. The van der Waals surface area contributed by atoms with Crippen LogP contribution in [-0.4, -0.2) is 17.2 Å². The molecule has 2 N–H and O–H groups in total. The predicted octanol–water partition coefficient (Wildman–Crippen LogP) is 1.51. The van der Waals surface area contributed by atoms with Crippen LogP contribution in [0.5, 0.6) is 5.75 Å². The van der Waals surface area contributed by atoms with E-state index in [2.05, 4.69) is 13.0 Å². The zero-order valence-corrected chi connectivity index (χ0v) is 10.9. The number of hydrogen-bond donors (Lipinski definition) is 2. The Bertz CT molecular complexity index is 540. The monoisotopic (exact) mass is 256 g/mol. The van der Waals surface area contributed by atoms with E-state index < -0.39 is 7.12 Å². The van der Waals surface area contributed by atoms with Crippen molar-refractivity contribution < 1.29 is 14.8 Å². The highest BCUT2D eigenvalue weighted by atomic mass is 16.5. The highest BCUT2D eigenvalue weighted by molar-refractivity contribution is 6.58. The van der Waals surface area contributed by atoms with Gasteiger partial charge in [-0.15, -0.1) is 0 Å². The van der Waals surface area contributed by atoms with E-state index in [1.54, 1.807) is 18.2 Å². The average molecular weight is 256 g/mol. The van der Waals surface area contributed by atoms with Crippen LogP contribution in [0.15, 0.2) is 48.5 Å². The minimum atomic E-state index is -1.44. The molecular formula is C15H17BO3. The zero-order valence-electron chi connectivity index (χ0n) is 10.9. The van der Waals surface area contributed by atoms with E-state index in [0.29, 0.717) is 12.1 Å². The lowest BCUT2D eigenvalue weighted by molar-refractivity contribution is 0.306. The van der Waals surface area contributed by atoms with Gasteiger partial charge in [0.1, 0.15) is 12.4 Å². The van der Waals surface area contributed by atoms with E-state index in [0.717, 1.165) is 17.7 Å². The Labute approximate surface area is 113 Å². The minimum Gasteiger partial charge on any atom is -0.489 e. The Morgan fingerprint density at radius 2 is 1.74 bits per heavy atom.